The van der Waals surface area contributed by atoms with Crippen molar-refractivity contribution in [3.8, 4) is 0 Å². The summed E-state index contributed by atoms with van der Waals surface area (Å²) in [7, 11) is 1.16. The third-order valence-electron chi connectivity index (χ3n) is 5.12. The van der Waals surface area contributed by atoms with Crippen LogP contribution in [0.4, 0.5) is 18.0 Å². The molecule has 0 aliphatic carbocycles. The maximum Gasteiger partial charge on any atom is 0.416 e. The van der Waals surface area contributed by atoms with Gasteiger partial charge in [0.25, 0.3) is 5.91 Å². The Labute approximate surface area is 211 Å². The van der Waals surface area contributed by atoms with Gasteiger partial charge in [-0.2, -0.15) is 13.2 Å². The molecular formula is C25H28F3N3O6. The highest BCUT2D eigenvalue weighted by molar-refractivity contribution is 5.96. The van der Waals surface area contributed by atoms with Crippen LogP contribution in [0.5, 0.6) is 0 Å². The summed E-state index contributed by atoms with van der Waals surface area (Å²) in [4.78, 5) is 47.9. The van der Waals surface area contributed by atoms with E-state index in [0.717, 1.165) is 19.2 Å². The van der Waals surface area contributed by atoms with Crippen LogP contribution in [0.3, 0.4) is 0 Å². The average Bonchev–Trinajstić information content (AvgIpc) is 2.89. The average molecular weight is 524 g/mol. The zero-order chi connectivity index (χ0) is 27.3. The standard InChI is InChI=1S/C25H28F3N3O6/c1-36-23(34)20(31-24(35)37-16-17-10-12-19(13-11-17)25(26,27)28)9-5-6-14-29-21(32)15-30-22(33)18-7-3-2-4-8-18/h2-4,7-8,10-13,20H,5-6,9,14-16H2,1H3,(H,29,32)(H,30,33)(H,31,35)/t20-/m0/s1. The molecule has 0 radical (unpaired) electrons. The van der Waals surface area contributed by atoms with Crippen molar-refractivity contribution in [1.82, 2.24) is 16.0 Å². The lowest BCUT2D eigenvalue weighted by Crippen LogP contribution is -2.42. The number of methoxy groups -OCH3 is 1. The van der Waals surface area contributed by atoms with Gasteiger partial charge in [0, 0.05) is 12.1 Å². The zero-order valence-electron chi connectivity index (χ0n) is 20.1. The van der Waals surface area contributed by atoms with Gasteiger partial charge in [-0.25, -0.2) is 9.59 Å². The van der Waals surface area contributed by atoms with E-state index in [4.69, 9.17) is 4.74 Å². The quantitative estimate of drug-likeness (QED) is 0.290. The lowest BCUT2D eigenvalue weighted by atomic mass is 10.1. The molecule has 0 heterocycles. The van der Waals surface area contributed by atoms with Crippen molar-refractivity contribution in [2.45, 2.75) is 38.1 Å². The normalized spacial score (nSPS) is 11.7. The van der Waals surface area contributed by atoms with Crippen LogP contribution < -0.4 is 16.0 Å². The Kier molecular flexibility index (Phi) is 11.4. The third kappa shape index (κ3) is 10.6. The molecule has 0 fully saturated rings. The Bertz CT molecular complexity index is 1050. The first-order chi connectivity index (χ1) is 17.6. The molecule has 2 aromatic carbocycles. The van der Waals surface area contributed by atoms with Gasteiger partial charge in [0.05, 0.1) is 19.2 Å². The maximum absolute atomic E-state index is 12.6. The van der Waals surface area contributed by atoms with Crippen molar-refractivity contribution >= 4 is 23.9 Å². The van der Waals surface area contributed by atoms with Gasteiger partial charge in [-0.1, -0.05) is 30.3 Å². The van der Waals surface area contributed by atoms with Crippen LogP contribution in [0.1, 0.15) is 40.7 Å². The number of hydrogen-bond donors (Lipinski definition) is 3. The number of esters is 1. The number of amides is 3. The highest BCUT2D eigenvalue weighted by Gasteiger charge is 2.30. The highest BCUT2D eigenvalue weighted by Crippen LogP contribution is 2.29. The van der Waals surface area contributed by atoms with Gasteiger partial charge in [0.1, 0.15) is 12.6 Å². The fourth-order valence-corrected chi connectivity index (χ4v) is 3.13. The molecule has 0 spiro atoms. The minimum absolute atomic E-state index is 0.190. The van der Waals surface area contributed by atoms with Gasteiger partial charge in [0.2, 0.25) is 5.91 Å². The maximum atomic E-state index is 12.6. The van der Waals surface area contributed by atoms with E-state index < -0.39 is 29.8 Å². The minimum atomic E-state index is -4.47. The molecule has 0 bridgehead atoms. The van der Waals surface area contributed by atoms with Gasteiger partial charge < -0.3 is 25.4 Å². The number of halogens is 3. The van der Waals surface area contributed by atoms with Crippen molar-refractivity contribution in [2.24, 2.45) is 0 Å². The van der Waals surface area contributed by atoms with Gasteiger partial charge >= 0.3 is 18.2 Å². The van der Waals surface area contributed by atoms with E-state index in [-0.39, 0.29) is 37.9 Å². The predicted octanol–water partition coefficient (Wildman–Crippen LogP) is 3.19. The highest BCUT2D eigenvalue weighted by atomic mass is 19.4. The fraction of sp³-hybridized carbons (Fsp3) is 0.360. The molecule has 1 atom stereocenters. The van der Waals surface area contributed by atoms with E-state index >= 15 is 0 Å². The monoisotopic (exact) mass is 523 g/mol. The minimum Gasteiger partial charge on any atom is -0.467 e. The fourth-order valence-electron chi connectivity index (χ4n) is 3.13. The number of carbonyl (C=O) groups is 4. The van der Waals surface area contributed by atoms with Crippen LogP contribution in [0.15, 0.2) is 54.6 Å². The Morgan fingerprint density at radius 3 is 2.22 bits per heavy atom. The molecule has 9 nitrogen and oxygen atoms in total. The summed E-state index contributed by atoms with van der Waals surface area (Å²) < 4.78 is 47.5. The number of unbranched alkanes of at least 4 members (excludes halogenated alkanes) is 1. The Morgan fingerprint density at radius 1 is 0.919 bits per heavy atom. The molecule has 200 valence electrons. The molecule has 2 rings (SSSR count). The first-order valence-electron chi connectivity index (χ1n) is 11.4. The molecule has 0 saturated heterocycles. The summed E-state index contributed by atoms with van der Waals surface area (Å²) >= 11 is 0. The third-order valence-corrected chi connectivity index (χ3v) is 5.12. The van der Waals surface area contributed by atoms with Gasteiger partial charge in [-0.05, 0) is 49.1 Å². The van der Waals surface area contributed by atoms with E-state index in [2.05, 4.69) is 20.7 Å². The Hall–Kier alpha value is -4.09. The van der Waals surface area contributed by atoms with Gasteiger partial charge in [-0.3, -0.25) is 9.59 Å². The second-order valence-electron chi connectivity index (χ2n) is 7.89. The Balaban J connectivity index is 1.68. The molecular weight excluding hydrogens is 495 g/mol. The number of alkyl halides is 3. The number of rotatable bonds is 12. The summed E-state index contributed by atoms with van der Waals surface area (Å²) in [5.74, 6) is -1.44. The van der Waals surface area contributed by atoms with E-state index in [1.54, 1.807) is 30.3 Å². The van der Waals surface area contributed by atoms with Crippen molar-refractivity contribution < 1.29 is 41.8 Å². The van der Waals surface area contributed by atoms with Crippen molar-refractivity contribution in [1.29, 1.82) is 0 Å². The van der Waals surface area contributed by atoms with Crippen LogP contribution in [0.2, 0.25) is 0 Å². The first-order valence-corrected chi connectivity index (χ1v) is 11.4. The van der Waals surface area contributed by atoms with Gasteiger partial charge in [0.15, 0.2) is 0 Å². The van der Waals surface area contributed by atoms with Crippen LogP contribution in [-0.4, -0.2) is 50.1 Å². The summed E-state index contributed by atoms with van der Waals surface area (Å²) in [5, 5.41) is 7.53. The molecule has 0 aliphatic rings. The topological polar surface area (TPSA) is 123 Å². The zero-order valence-corrected chi connectivity index (χ0v) is 20.1. The van der Waals surface area contributed by atoms with Crippen LogP contribution in [0.25, 0.3) is 0 Å². The number of carbonyl (C=O) groups excluding carboxylic acids is 4. The Morgan fingerprint density at radius 2 is 1.59 bits per heavy atom. The van der Waals surface area contributed by atoms with E-state index in [1.807, 2.05) is 0 Å². The van der Waals surface area contributed by atoms with E-state index in [9.17, 15) is 32.3 Å². The molecule has 0 unspecified atom stereocenters. The number of hydrogen-bond acceptors (Lipinski definition) is 6. The summed E-state index contributed by atoms with van der Waals surface area (Å²) in [6, 6.07) is 11.6. The van der Waals surface area contributed by atoms with E-state index in [0.29, 0.717) is 24.0 Å². The molecule has 12 heteroatoms. The molecule has 0 saturated carbocycles. The second-order valence-corrected chi connectivity index (χ2v) is 7.89. The second kappa shape index (κ2) is 14.5. The number of ether oxygens (including phenoxy) is 2. The lowest BCUT2D eigenvalue weighted by Gasteiger charge is -2.16. The van der Waals surface area contributed by atoms with Crippen molar-refractivity contribution in [3.63, 3.8) is 0 Å². The molecule has 3 N–H and O–H groups in total. The SMILES string of the molecule is COC(=O)[C@H](CCCCNC(=O)CNC(=O)c1ccccc1)NC(=O)OCc1ccc(C(F)(F)F)cc1. The molecule has 37 heavy (non-hydrogen) atoms. The van der Waals surface area contributed by atoms with Crippen molar-refractivity contribution in [3.05, 3.63) is 71.3 Å². The number of alkyl carbamates (subject to hydrolysis) is 1. The molecule has 3 amide bonds. The smallest absolute Gasteiger partial charge is 0.416 e. The number of nitrogens with one attached hydrogen (secondary N) is 3. The molecule has 0 aliphatic heterocycles. The summed E-state index contributed by atoms with van der Waals surface area (Å²) in [6.07, 6.45) is -4.28. The van der Waals surface area contributed by atoms with Crippen LogP contribution in [0, 0.1) is 0 Å². The lowest BCUT2D eigenvalue weighted by molar-refractivity contribution is -0.143. The largest absolute Gasteiger partial charge is 0.467 e. The van der Waals surface area contributed by atoms with E-state index in [1.165, 1.54) is 12.1 Å². The molecule has 2 aromatic rings. The van der Waals surface area contributed by atoms with Crippen LogP contribution >= 0.6 is 0 Å². The number of benzene rings is 2. The first kappa shape index (κ1) is 29.1. The predicted molar refractivity (Wildman–Crippen MR) is 126 cm³/mol. The van der Waals surface area contributed by atoms with Crippen LogP contribution in [-0.2, 0) is 31.8 Å². The summed E-state index contributed by atoms with van der Waals surface area (Å²) in [6.45, 7) is -0.193. The summed E-state index contributed by atoms with van der Waals surface area (Å²) in [5.41, 5.74) is -0.0393. The van der Waals surface area contributed by atoms with Gasteiger partial charge in [-0.15, -0.1) is 0 Å². The molecule has 0 aromatic heterocycles. The van der Waals surface area contributed by atoms with Crippen molar-refractivity contribution in [2.75, 3.05) is 20.2 Å².